The van der Waals surface area contributed by atoms with Gasteiger partial charge in [-0.1, -0.05) is 62.2 Å². The lowest BCUT2D eigenvalue weighted by Gasteiger charge is -1.99. The van der Waals surface area contributed by atoms with Gasteiger partial charge in [0.05, 0.1) is 0 Å². The Labute approximate surface area is 102 Å². The molecule has 4 heteroatoms. The number of nitrogens with two attached hydrogens (primary N) is 1. The molecule has 3 nitrogen and oxygen atoms in total. The van der Waals surface area contributed by atoms with Crippen LogP contribution < -0.4 is 5.73 Å². The smallest absolute Gasteiger partial charge is 0.185 e. The first kappa shape index (κ1) is 13.4. The first-order valence-corrected chi connectivity index (χ1v) is 6.53. The third-order valence-electron chi connectivity index (χ3n) is 2.73. The molecule has 0 fully saturated rings. The molecular formula is C12H21ClN2O. The van der Waals surface area contributed by atoms with Gasteiger partial charge < -0.3 is 10.3 Å². The van der Waals surface area contributed by atoms with Gasteiger partial charge in [-0.2, -0.15) is 0 Å². The van der Waals surface area contributed by atoms with Crippen molar-refractivity contribution in [1.82, 2.24) is 5.16 Å². The Morgan fingerprint density at radius 2 is 1.75 bits per heavy atom. The van der Waals surface area contributed by atoms with Gasteiger partial charge >= 0.3 is 0 Å². The number of unbranched alkanes of at least 4 members (excludes halogenated alkanes) is 6. The molecule has 1 rings (SSSR count). The van der Waals surface area contributed by atoms with Crippen LogP contribution in [0.25, 0.3) is 0 Å². The molecule has 0 atom stereocenters. The summed E-state index contributed by atoms with van der Waals surface area (Å²) in [6, 6.07) is 0. The van der Waals surface area contributed by atoms with Crippen molar-refractivity contribution < 1.29 is 4.52 Å². The summed E-state index contributed by atoms with van der Waals surface area (Å²) in [5.41, 5.74) is 5.49. The van der Waals surface area contributed by atoms with Gasteiger partial charge in [-0.3, -0.25) is 0 Å². The van der Waals surface area contributed by atoms with Crippen molar-refractivity contribution in [2.24, 2.45) is 0 Å². The molecule has 0 amide bonds. The van der Waals surface area contributed by atoms with Crippen molar-refractivity contribution in [2.45, 2.75) is 58.3 Å². The normalized spacial score (nSPS) is 10.9. The van der Waals surface area contributed by atoms with E-state index in [-0.39, 0.29) is 0 Å². The second kappa shape index (κ2) is 7.55. The van der Waals surface area contributed by atoms with E-state index in [2.05, 4.69) is 12.1 Å². The monoisotopic (exact) mass is 244 g/mol. The van der Waals surface area contributed by atoms with Gasteiger partial charge in [-0.15, -0.1) is 0 Å². The number of hydrogen-bond donors (Lipinski definition) is 1. The Morgan fingerprint density at radius 3 is 2.31 bits per heavy atom. The summed E-state index contributed by atoms with van der Waals surface area (Å²) >= 11 is 5.91. The Balaban J connectivity index is 2.05. The molecule has 1 heterocycles. The minimum atomic E-state index is 0.305. The van der Waals surface area contributed by atoms with Crippen LogP contribution in [0, 0.1) is 0 Å². The fourth-order valence-corrected chi connectivity index (χ4v) is 1.89. The highest BCUT2D eigenvalue weighted by atomic mass is 35.5. The molecule has 0 saturated heterocycles. The average Bonchev–Trinajstić information content (AvgIpc) is 2.59. The van der Waals surface area contributed by atoms with E-state index >= 15 is 0 Å². The molecule has 16 heavy (non-hydrogen) atoms. The van der Waals surface area contributed by atoms with Crippen LogP contribution in [0.4, 0.5) is 5.82 Å². The van der Waals surface area contributed by atoms with Crippen LogP contribution in [-0.2, 0) is 6.42 Å². The van der Waals surface area contributed by atoms with E-state index in [4.69, 9.17) is 21.9 Å². The maximum atomic E-state index is 5.91. The van der Waals surface area contributed by atoms with Gasteiger partial charge in [0.15, 0.2) is 11.6 Å². The molecule has 0 aliphatic heterocycles. The molecule has 0 unspecified atom stereocenters. The SMILES string of the molecule is CCCCCCCCCc1onc(N)c1Cl. The molecule has 0 saturated carbocycles. The Hall–Kier alpha value is -0.700. The van der Waals surface area contributed by atoms with Crippen LogP contribution in [-0.4, -0.2) is 5.16 Å². The summed E-state index contributed by atoms with van der Waals surface area (Å²) in [5, 5.41) is 4.12. The van der Waals surface area contributed by atoms with Crippen LogP contribution in [0.15, 0.2) is 4.52 Å². The van der Waals surface area contributed by atoms with Crippen molar-refractivity contribution in [3.63, 3.8) is 0 Å². The van der Waals surface area contributed by atoms with Crippen LogP contribution in [0.1, 0.15) is 57.6 Å². The van der Waals surface area contributed by atoms with E-state index in [1.54, 1.807) is 0 Å². The van der Waals surface area contributed by atoms with Gasteiger partial charge in [0.2, 0.25) is 0 Å². The Kier molecular flexibility index (Phi) is 6.31. The van der Waals surface area contributed by atoms with Gasteiger partial charge in [-0.25, -0.2) is 0 Å². The molecule has 0 bridgehead atoms. The lowest BCUT2D eigenvalue weighted by Crippen LogP contribution is -1.86. The Bertz CT molecular complexity index is 299. The van der Waals surface area contributed by atoms with Crippen LogP contribution in [0.5, 0.6) is 0 Å². The van der Waals surface area contributed by atoms with Crippen LogP contribution in [0.2, 0.25) is 5.02 Å². The summed E-state index contributed by atoms with van der Waals surface area (Å²) in [5.74, 6) is 1.03. The number of hydrogen-bond acceptors (Lipinski definition) is 3. The van der Waals surface area contributed by atoms with Crippen molar-refractivity contribution >= 4 is 17.4 Å². The number of rotatable bonds is 8. The third kappa shape index (κ3) is 4.44. The lowest BCUT2D eigenvalue weighted by molar-refractivity contribution is 0.381. The van der Waals surface area contributed by atoms with Crippen molar-refractivity contribution in [1.29, 1.82) is 0 Å². The summed E-state index contributed by atoms with van der Waals surface area (Å²) in [6.45, 7) is 2.23. The first-order chi connectivity index (χ1) is 7.75. The fourth-order valence-electron chi connectivity index (χ4n) is 1.73. The van der Waals surface area contributed by atoms with E-state index in [0.29, 0.717) is 10.8 Å². The highest BCUT2D eigenvalue weighted by Gasteiger charge is 2.10. The number of nitrogens with zero attached hydrogens (tertiary/aromatic N) is 1. The largest absolute Gasteiger partial charge is 0.380 e. The molecule has 0 radical (unpaired) electrons. The fraction of sp³-hybridized carbons (Fsp3) is 0.750. The van der Waals surface area contributed by atoms with Gasteiger partial charge in [0, 0.05) is 6.42 Å². The van der Waals surface area contributed by atoms with Crippen molar-refractivity contribution in [3.05, 3.63) is 10.8 Å². The van der Waals surface area contributed by atoms with E-state index in [0.717, 1.165) is 18.6 Å². The zero-order chi connectivity index (χ0) is 11.8. The summed E-state index contributed by atoms with van der Waals surface area (Å²) in [7, 11) is 0. The topological polar surface area (TPSA) is 52.0 Å². The number of nitrogen functional groups attached to an aromatic ring is 1. The summed E-state index contributed by atoms with van der Waals surface area (Å²) in [4.78, 5) is 0. The molecule has 0 aromatic carbocycles. The van der Waals surface area contributed by atoms with E-state index in [1.165, 1.54) is 38.5 Å². The summed E-state index contributed by atoms with van der Waals surface area (Å²) in [6.07, 6.45) is 9.79. The highest BCUT2D eigenvalue weighted by molar-refractivity contribution is 6.33. The van der Waals surface area contributed by atoms with E-state index in [1.807, 2.05) is 0 Å². The molecule has 0 spiro atoms. The molecular weight excluding hydrogens is 224 g/mol. The zero-order valence-electron chi connectivity index (χ0n) is 9.97. The number of aromatic nitrogens is 1. The standard InChI is InChI=1S/C12H21ClN2O/c1-2-3-4-5-6-7-8-9-10-11(13)12(14)15-16-10/h2-9H2,1H3,(H2,14,15). The first-order valence-electron chi connectivity index (χ1n) is 6.15. The molecule has 1 aromatic rings. The Morgan fingerprint density at radius 1 is 1.12 bits per heavy atom. The van der Waals surface area contributed by atoms with E-state index < -0.39 is 0 Å². The van der Waals surface area contributed by atoms with Crippen LogP contribution in [0.3, 0.4) is 0 Å². The second-order valence-electron chi connectivity index (χ2n) is 4.18. The quantitative estimate of drug-likeness (QED) is 0.697. The van der Waals surface area contributed by atoms with E-state index in [9.17, 15) is 0 Å². The van der Waals surface area contributed by atoms with Crippen molar-refractivity contribution in [2.75, 3.05) is 5.73 Å². The summed E-state index contributed by atoms with van der Waals surface area (Å²) < 4.78 is 5.03. The average molecular weight is 245 g/mol. The molecule has 0 aliphatic rings. The number of aryl methyl sites for hydroxylation is 1. The molecule has 1 aromatic heterocycles. The van der Waals surface area contributed by atoms with Gasteiger partial charge in [0.25, 0.3) is 0 Å². The van der Waals surface area contributed by atoms with Gasteiger partial charge in [0.1, 0.15) is 5.02 Å². The minimum absolute atomic E-state index is 0.305. The second-order valence-corrected chi connectivity index (χ2v) is 4.55. The number of anilines is 1. The number of halogens is 1. The molecule has 0 aliphatic carbocycles. The van der Waals surface area contributed by atoms with Crippen molar-refractivity contribution in [3.8, 4) is 0 Å². The maximum Gasteiger partial charge on any atom is 0.185 e. The molecule has 92 valence electrons. The third-order valence-corrected chi connectivity index (χ3v) is 3.14. The van der Waals surface area contributed by atoms with Crippen LogP contribution >= 0.6 is 11.6 Å². The molecule has 2 N–H and O–H groups in total. The predicted molar refractivity (Wildman–Crippen MR) is 67.6 cm³/mol. The highest BCUT2D eigenvalue weighted by Crippen LogP contribution is 2.24. The maximum absolute atomic E-state index is 5.91. The zero-order valence-corrected chi connectivity index (χ0v) is 10.7. The lowest BCUT2D eigenvalue weighted by atomic mass is 10.1. The van der Waals surface area contributed by atoms with Gasteiger partial charge in [-0.05, 0) is 6.42 Å². The predicted octanol–water partition coefficient (Wildman–Crippen LogP) is 4.20. The minimum Gasteiger partial charge on any atom is -0.380 e.